The molecule has 0 saturated heterocycles. The Balaban J connectivity index is 1.52. The first-order valence-corrected chi connectivity index (χ1v) is 12.3. The summed E-state index contributed by atoms with van der Waals surface area (Å²) >= 11 is 0. The van der Waals surface area contributed by atoms with Crippen molar-refractivity contribution in [3.63, 3.8) is 0 Å². The van der Waals surface area contributed by atoms with Crippen LogP contribution in [0, 0.1) is 5.82 Å². The van der Waals surface area contributed by atoms with E-state index in [1.54, 1.807) is 0 Å². The lowest BCUT2D eigenvalue weighted by Gasteiger charge is -2.22. The van der Waals surface area contributed by atoms with Crippen molar-refractivity contribution >= 4 is 15.7 Å². The van der Waals surface area contributed by atoms with E-state index in [4.69, 9.17) is 9.47 Å². The number of aliphatic hydroxyl groups excluding tert-OH is 1. The highest BCUT2D eigenvalue weighted by atomic mass is 32.2. The van der Waals surface area contributed by atoms with Crippen LogP contribution in [0.15, 0.2) is 66.7 Å². The number of anilines is 1. The van der Waals surface area contributed by atoms with Crippen LogP contribution in [-0.4, -0.2) is 33.1 Å². The first-order valence-electron chi connectivity index (χ1n) is 10.4. The van der Waals surface area contributed by atoms with E-state index in [0.29, 0.717) is 23.5 Å². The number of ether oxygens (including phenoxy) is 2. The van der Waals surface area contributed by atoms with E-state index < -0.39 is 21.9 Å². The van der Waals surface area contributed by atoms with Gasteiger partial charge in [-0.1, -0.05) is 42.5 Å². The van der Waals surface area contributed by atoms with Gasteiger partial charge in [-0.25, -0.2) is 12.8 Å². The van der Waals surface area contributed by atoms with Gasteiger partial charge in [0.1, 0.15) is 5.82 Å². The largest absolute Gasteiger partial charge is 0.454 e. The smallest absolute Gasteiger partial charge is 0.231 e. The van der Waals surface area contributed by atoms with Crippen LogP contribution in [0.1, 0.15) is 28.8 Å². The van der Waals surface area contributed by atoms with Crippen LogP contribution in [0.2, 0.25) is 0 Å². The minimum Gasteiger partial charge on any atom is -0.454 e. The molecule has 0 spiro atoms. The third-order valence-electron chi connectivity index (χ3n) is 5.31. The van der Waals surface area contributed by atoms with Gasteiger partial charge in [0.15, 0.2) is 11.5 Å². The molecule has 33 heavy (non-hydrogen) atoms. The van der Waals surface area contributed by atoms with Crippen molar-refractivity contribution in [3.8, 4) is 11.5 Å². The lowest BCUT2D eigenvalue weighted by Crippen LogP contribution is -2.28. The number of aliphatic hydroxyl groups is 1. The number of fused-ring (bicyclic) bond motifs is 1. The van der Waals surface area contributed by atoms with E-state index >= 15 is 0 Å². The zero-order valence-corrected chi connectivity index (χ0v) is 18.8. The monoisotopic (exact) mass is 472 g/mol. The molecular weight excluding hydrogens is 447 g/mol. The third-order valence-corrected chi connectivity index (χ3v) is 5.90. The van der Waals surface area contributed by atoms with Crippen LogP contribution in [0.5, 0.6) is 11.5 Å². The van der Waals surface area contributed by atoms with Crippen LogP contribution < -0.4 is 19.5 Å². The van der Waals surface area contributed by atoms with Gasteiger partial charge in [0.25, 0.3) is 0 Å². The molecule has 0 bridgehead atoms. The molecule has 9 heteroatoms. The SMILES string of the molecule is CS(=O)(=O)Nc1cc([C@@H](O)CN[C@H](Cc2ccccc2)c2ccc3c(c2)OCO3)ccc1F. The maximum absolute atomic E-state index is 14.0. The molecule has 1 aliphatic heterocycles. The average molecular weight is 473 g/mol. The zero-order valence-electron chi connectivity index (χ0n) is 18.0. The van der Waals surface area contributed by atoms with E-state index in [1.807, 2.05) is 48.5 Å². The van der Waals surface area contributed by atoms with Crippen molar-refractivity contribution in [2.75, 3.05) is 24.3 Å². The van der Waals surface area contributed by atoms with Gasteiger partial charge in [0.05, 0.1) is 18.0 Å². The summed E-state index contributed by atoms with van der Waals surface area (Å²) in [6.07, 6.45) is 0.617. The summed E-state index contributed by atoms with van der Waals surface area (Å²) in [6, 6.07) is 19.4. The molecule has 7 nitrogen and oxygen atoms in total. The standard InChI is InChI=1S/C24H25FN2O5S/c1-33(29,30)27-21-12-18(7-9-19(21)25)22(28)14-26-20(11-16-5-3-2-4-6-16)17-8-10-23-24(13-17)32-15-31-23/h2-10,12-13,20,22,26-28H,11,14-15H2,1H3/t20-,22+/m1/s1. The molecular formula is C24H25FN2O5S. The molecule has 0 aromatic heterocycles. The molecule has 1 aliphatic rings. The zero-order chi connectivity index (χ0) is 23.4. The number of halogens is 1. The predicted octanol–water partition coefficient (Wildman–Crippen LogP) is 3.53. The molecule has 0 fully saturated rings. The quantitative estimate of drug-likeness (QED) is 0.441. The fourth-order valence-electron chi connectivity index (χ4n) is 3.69. The second-order valence-electron chi connectivity index (χ2n) is 7.89. The lowest BCUT2D eigenvalue weighted by atomic mass is 9.97. The first kappa shape index (κ1) is 23.0. The van der Waals surface area contributed by atoms with Crippen LogP contribution in [0.25, 0.3) is 0 Å². The molecule has 0 radical (unpaired) electrons. The maximum atomic E-state index is 14.0. The Morgan fingerprint density at radius 2 is 1.73 bits per heavy atom. The Morgan fingerprint density at radius 1 is 1.00 bits per heavy atom. The van der Waals surface area contributed by atoms with Gasteiger partial charge < -0.3 is 19.9 Å². The molecule has 3 aromatic carbocycles. The van der Waals surface area contributed by atoms with Crippen LogP contribution >= 0.6 is 0 Å². The van der Waals surface area contributed by atoms with Crippen molar-refractivity contribution in [2.45, 2.75) is 18.6 Å². The number of sulfonamides is 1. The second kappa shape index (κ2) is 9.78. The number of hydrogen-bond acceptors (Lipinski definition) is 6. The highest BCUT2D eigenvalue weighted by Crippen LogP contribution is 2.35. The summed E-state index contributed by atoms with van der Waals surface area (Å²) < 4.78 is 50.0. The summed E-state index contributed by atoms with van der Waals surface area (Å²) in [5.74, 6) is 0.643. The third kappa shape index (κ3) is 6.01. The Labute approximate surface area is 192 Å². The summed E-state index contributed by atoms with van der Waals surface area (Å²) in [7, 11) is -3.65. The van der Waals surface area contributed by atoms with E-state index in [-0.39, 0.29) is 25.1 Å². The minimum atomic E-state index is -3.65. The highest BCUT2D eigenvalue weighted by Gasteiger charge is 2.20. The first-order chi connectivity index (χ1) is 15.8. The topological polar surface area (TPSA) is 96.9 Å². The summed E-state index contributed by atoms with van der Waals surface area (Å²) in [5, 5.41) is 14.1. The number of hydrogen-bond donors (Lipinski definition) is 3. The van der Waals surface area contributed by atoms with Crippen LogP contribution in [0.3, 0.4) is 0 Å². The molecule has 2 atom stereocenters. The number of nitrogens with one attached hydrogen (secondary N) is 2. The van der Waals surface area contributed by atoms with Crippen molar-refractivity contribution in [2.24, 2.45) is 0 Å². The van der Waals surface area contributed by atoms with E-state index in [1.165, 1.54) is 12.1 Å². The minimum absolute atomic E-state index is 0.148. The van der Waals surface area contributed by atoms with Gasteiger partial charge in [-0.3, -0.25) is 4.72 Å². The van der Waals surface area contributed by atoms with Gasteiger partial charge >= 0.3 is 0 Å². The Kier molecular flexibility index (Phi) is 6.83. The Bertz CT molecular complexity index is 1220. The molecule has 0 saturated carbocycles. The van der Waals surface area contributed by atoms with Gasteiger partial charge in [-0.2, -0.15) is 0 Å². The van der Waals surface area contributed by atoms with Gasteiger partial charge in [-0.05, 0) is 47.4 Å². The highest BCUT2D eigenvalue weighted by molar-refractivity contribution is 7.92. The molecule has 174 valence electrons. The Morgan fingerprint density at radius 3 is 2.48 bits per heavy atom. The average Bonchev–Trinajstić information content (AvgIpc) is 3.25. The normalized spacial score (nSPS) is 14.6. The van der Waals surface area contributed by atoms with Crippen molar-refractivity contribution < 1.29 is 27.4 Å². The Hall–Kier alpha value is -3.14. The second-order valence-corrected chi connectivity index (χ2v) is 9.64. The molecule has 0 unspecified atom stereocenters. The molecule has 1 heterocycles. The number of rotatable bonds is 9. The van der Waals surface area contributed by atoms with Crippen LogP contribution in [0.4, 0.5) is 10.1 Å². The van der Waals surface area contributed by atoms with Crippen LogP contribution in [-0.2, 0) is 16.4 Å². The molecule has 3 aromatic rings. The molecule has 0 amide bonds. The summed E-state index contributed by atoms with van der Waals surface area (Å²) in [6.45, 7) is 0.346. The van der Waals surface area contributed by atoms with Crippen molar-refractivity contribution in [1.82, 2.24) is 5.32 Å². The van der Waals surface area contributed by atoms with Crippen molar-refractivity contribution in [3.05, 3.63) is 89.2 Å². The summed E-state index contributed by atoms with van der Waals surface area (Å²) in [5.41, 5.74) is 2.27. The fraction of sp³-hybridized carbons (Fsp3) is 0.250. The summed E-state index contributed by atoms with van der Waals surface area (Å²) in [4.78, 5) is 0. The van der Waals surface area contributed by atoms with Gasteiger partial charge in [0, 0.05) is 12.6 Å². The molecule has 3 N–H and O–H groups in total. The predicted molar refractivity (Wildman–Crippen MR) is 123 cm³/mol. The van der Waals surface area contributed by atoms with Gasteiger partial charge in [0.2, 0.25) is 16.8 Å². The van der Waals surface area contributed by atoms with E-state index in [2.05, 4.69) is 10.0 Å². The maximum Gasteiger partial charge on any atom is 0.231 e. The fourth-order valence-corrected chi connectivity index (χ4v) is 4.24. The lowest BCUT2D eigenvalue weighted by molar-refractivity contribution is 0.169. The molecule has 0 aliphatic carbocycles. The van der Waals surface area contributed by atoms with Crippen molar-refractivity contribution in [1.29, 1.82) is 0 Å². The van der Waals surface area contributed by atoms with E-state index in [9.17, 15) is 17.9 Å². The molecule has 4 rings (SSSR count). The van der Waals surface area contributed by atoms with Gasteiger partial charge in [-0.15, -0.1) is 0 Å². The van der Waals surface area contributed by atoms with E-state index in [0.717, 1.165) is 23.4 Å². The number of benzene rings is 3.